The van der Waals surface area contributed by atoms with Gasteiger partial charge >= 0.3 is 0 Å². The first-order chi connectivity index (χ1) is 9.61. The van der Waals surface area contributed by atoms with E-state index in [1.807, 2.05) is 25.1 Å². The van der Waals surface area contributed by atoms with Gasteiger partial charge in [0.25, 0.3) is 0 Å². The Morgan fingerprint density at radius 1 is 1.55 bits per heavy atom. The lowest BCUT2D eigenvalue weighted by Gasteiger charge is -2.22. The summed E-state index contributed by atoms with van der Waals surface area (Å²) in [7, 11) is 0. The van der Waals surface area contributed by atoms with Gasteiger partial charge in [-0.3, -0.25) is 9.69 Å². The van der Waals surface area contributed by atoms with Gasteiger partial charge in [0.15, 0.2) is 0 Å². The molecule has 0 bridgehead atoms. The summed E-state index contributed by atoms with van der Waals surface area (Å²) in [5.74, 6) is -0.0118. The lowest BCUT2D eigenvalue weighted by Crippen LogP contribution is -2.34. The number of likely N-dealkylation sites (tertiary alicyclic amines) is 1. The standard InChI is InChI=1S/C15H23N3O2/c1-11-13(16)5-2-6-14(11)17-15(20)7-9-18-8-3-4-12(18)10-19/h2,5-6,12,19H,3-4,7-10,16H2,1H3,(H,17,20). The number of hydrogen-bond donors (Lipinski definition) is 3. The maximum absolute atomic E-state index is 12.0. The normalized spacial score (nSPS) is 19.2. The lowest BCUT2D eigenvalue weighted by atomic mass is 10.1. The lowest BCUT2D eigenvalue weighted by molar-refractivity contribution is -0.116. The van der Waals surface area contributed by atoms with Crippen LogP contribution in [0.4, 0.5) is 11.4 Å². The molecule has 1 unspecified atom stereocenters. The molecule has 1 saturated heterocycles. The van der Waals surface area contributed by atoms with Gasteiger partial charge in [-0.15, -0.1) is 0 Å². The molecule has 4 N–H and O–H groups in total. The Balaban J connectivity index is 1.85. The molecular weight excluding hydrogens is 254 g/mol. The third-order valence-electron chi connectivity index (χ3n) is 3.99. The molecule has 1 atom stereocenters. The Kier molecular flexibility index (Phi) is 4.98. The van der Waals surface area contributed by atoms with Gasteiger partial charge in [0.2, 0.25) is 5.91 Å². The van der Waals surface area contributed by atoms with Crippen molar-refractivity contribution in [2.75, 3.05) is 30.7 Å². The molecule has 20 heavy (non-hydrogen) atoms. The van der Waals surface area contributed by atoms with Gasteiger partial charge in [-0.25, -0.2) is 0 Å². The zero-order chi connectivity index (χ0) is 14.5. The van der Waals surface area contributed by atoms with Crippen LogP contribution in [0.5, 0.6) is 0 Å². The minimum atomic E-state index is -0.0118. The summed E-state index contributed by atoms with van der Waals surface area (Å²) in [5, 5.41) is 12.1. The Morgan fingerprint density at radius 2 is 2.35 bits per heavy atom. The molecule has 110 valence electrons. The fourth-order valence-corrected chi connectivity index (χ4v) is 2.64. The van der Waals surface area contributed by atoms with Crippen molar-refractivity contribution in [3.8, 4) is 0 Å². The fraction of sp³-hybridized carbons (Fsp3) is 0.533. The number of carbonyl (C=O) groups is 1. The van der Waals surface area contributed by atoms with Crippen molar-refractivity contribution >= 4 is 17.3 Å². The third-order valence-corrected chi connectivity index (χ3v) is 3.99. The van der Waals surface area contributed by atoms with Gasteiger partial charge in [0, 0.05) is 30.4 Å². The van der Waals surface area contributed by atoms with Crippen molar-refractivity contribution in [1.29, 1.82) is 0 Å². The number of nitrogens with one attached hydrogen (secondary N) is 1. The van der Waals surface area contributed by atoms with E-state index in [1.54, 1.807) is 0 Å². The third kappa shape index (κ3) is 3.49. The molecule has 0 aliphatic carbocycles. The second-order valence-electron chi connectivity index (χ2n) is 5.33. The van der Waals surface area contributed by atoms with Crippen LogP contribution in [-0.2, 0) is 4.79 Å². The monoisotopic (exact) mass is 277 g/mol. The molecule has 1 heterocycles. The smallest absolute Gasteiger partial charge is 0.225 e. The summed E-state index contributed by atoms with van der Waals surface area (Å²) in [6.07, 6.45) is 2.55. The molecule has 5 heteroatoms. The highest BCUT2D eigenvalue weighted by atomic mass is 16.3. The van der Waals surface area contributed by atoms with E-state index in [4.69, 9.17) is 5.73 Å². The Hall–Kier alpha value is -1.59. The van der Waals surface area contributed by atoms with Crippen LogP contribution in [0, 0.1) is 6.92 Å². The highest BCUT2D eigenvalue weighted by molar-refractivity contribution is 5.92. The number of nitrogens with two attached hydrogens (primary N) is 1. The molecule has 2 rings (SSSR count). The Morgan fingerprint density at radius 3 is 3.10 bits per heavy atom. The number of benzene rings is 1. The van der Waals surface area contributed by atoms with Gasteiger partial charge < -0.3 is 16.2 Å². The topological polar surface area (TPSA) is 78.6 Å². The van der Waals surface area contributed by atoms with Crippen LogP contribution in [0.15, 0.2) is 18.2 Å². The molecule has 0 saturated carbocycles. The molecule has 1 aliphatic rings. The van der Waals surface area contributed by atoms with Crippen LogP contribution in [0.25, 0.3) is 0 Å². The molecule has 0 radical (unpaired) electrons. The SMILES string of the molecule is Cc1c(N)cccc1NC(=O)CCN1CCCC1CO. The quantitative estimate of drug-likeness (QED) is 0.710. The van der Waals surface area contributed by atoms with E-state index >= 15 is 0 Å². The second kappa shape index (κ2) is 6.72. The highest BCUT2D eigenvalue weighted by Gasteiger charge is 2.23. The average Bonchev–Trinajstić information content (AvgIpc) is 2.89. The van der Waals surface area contributed by atoms with Crippen molar-refractivity contribution in [2.45, 2.75) is 32.2 Å². The van der Waals surface area contributed by atoms with Gasteiger partial charge in [-0.05, 0) is 44.0 Å². The van der Waals surface area contributed by atoms with Crippen molar-refractivity contribution in [3.05, 3.63) is 23.8 Å². The number of nitrogen functional groups attached to an aromatic ring is 1. The largest absolute Gasteiger partial charge is 0.398 e. The maximum atomic E-state index is 12.0. The summed E-state index contributed by atoms with van der Waals surface area (Å²) in [6.45, 7) is 3.73. The Bertz CT molecular complexity index is 476. The van der Waals surface area contributed by atoms with E-state index in [9.17, 15) is 9.90 Å². The molecule has 0 aromatic heterocycles. The molecule has 1 aliphatic heterocycles. The van der Waals surface area contributed by atoms with Crippen LogP contribution in [-0.4, -0.2) is 41.7 Å². The van der Waals surface area contributed by atoms with Gasteiger partial charge in [0.05, 0.1) is 6.61 Å². The first-order valence-electron chi connectivity index (χ1n) is 7.11. The summed E-state index contributed by atoms with van der Waals surface area (Å²) in [6, 6.07) is 5.73. The van der Waals surface area contributed by atoms with E-state index in [1.165, 1.54) is 0 Å². The van der Waals surface area contributed by atoms with Crippen molar-refractivity contribution < 1.29 is 9.90 Å². The molecule has 0 spiro atoms. The van der Waals surface area contributed by atoms with E-state index in [-0.39, 0.29) is 18.6 Å². The molecule has 5 nitrogen and oxygen atoms in total. The minimum absolute atomic E-state index is 0.0118. The second-order valence-corrected chi connectivity index (χ2v) is 5.33. The predicted octanol–water partition coefficient (Wildman–Crippen LogP) is 1.36. The molecule has 1 fully saturated rings. The molecular formula is C15H23N3O2. The minimum Gasteiger partial charge on any atom is -0.398 e. The number of rotatable bonds is 5. The summed E-state index contributed by atoms with van der Waals surface area (Å²) in [4.78, 5) is 14.2. The van der Waals surface area contributed by atoms with Crippen LogP contribution in [0.2, 0.25) is 0 Å². The Labute approximate surface area is 119 Å². The number of anilines is 2. The summed E-state index contributed by atoms with van der Waals surface area (Å²) >= 11 is 0. The average molecular weight is 277 g/mol. The number of carbonyl (C=O) groups excluding carboxylic acids is 1. The first-order valence-corrected chi connectivity index (χ1v) is 7.11. The van der Waals surface area contributed by atoms with Gasteiger partial charge in [-0.1, -0.05) is 6.07 Å². The first kappa shape index (κ1) is 14.8. The van der Waals surface area contributed by atoms with E-state index in [0.29, 0.717) is 18.7 Å². The number of hydrogen-bond acceptors (Lipinski definition) is 4. The number of aliphatic hydroxyl groups excluding tert-OH is 1. The van der Waals surface area contributed by atoms with Crippen molar-refractivity contribution in [2.24, 2.45) is 0 Å². The van der Waals surface area contributed by atoms with E-state index in [0.717, 1.165) is 30.6 Å². The maximum Gasteiger partial charge on any atom is 0.225 e. The van der Waals surface area contributed by atoms with Crippen LogP contribution < -0.4 is 11.1 Å². The van der Waals surface area contributed by atoms with Crippen LogP contribution >= 0.6 is 0 Å². The molecule has 1 amide bonds. The fourth-order valence-electron chi connectivity index (χ4n) is 2.64. The molecule has 1 aromatic carbocycles. The molecule has 1 aromatic rings. The summed E-state index contributed by atoms with van der Waals surface area (Å²) in [5.41, 5.74) is 8.17. The van der Waals surface area contributed by atoms with Crippen LogP contribution in [0.1, 0.15) is 24.8 Å². The predicted molar refractivity (Wildman–Crippen MR) is 80.5 cm³/mol. The zero-order valence-corrected chi connectivity index (χ0v) is 11.9. The highest BCUT2D eigenvalue weighted by Crippen LogP contribution is 2.21. The van der Waals surface area contributed by atoms with Crippen molar-refractivity contribution in [1.82, 2.24) is 4.90 Å². The van der Waals surface area contributed by atoms with Gasteiger partial charge in [-0.2, -0.15) is 0 Å². The number of nitrogens with zero attached hydrogens (tertiary/aromatic N) is 1. The van der Waals surface area contributed by atoms with Crippen molar-refractivity contribution in [3.63, 3.8) is 0 Å². The van der Waals surface area contributed by atoms with E-state index in [2.05, 4.69) is 10.2 Å². The summed E-state index contributed by atoms with van der Waals surface area (Å²) < 4.78 is 0. The van der Waals surface area contributed by atoms with Gasteiger partial charge in [0.1, 0.15) is 0 Å². The zero-order valence-electron chi connectivity index (χ0n) is 11.9. The number of amides is 1. The van der Waals surface area contributed by atoms with E-state index < -0.39 is 0 Å². The number of aliphatic hydroxyl groups is 1. The van der Waals surface area contributed by atoms with Crippen LogP contribution in [0.3, 0.4) is 0 Å².